The molecule has 5 heteroatoms. The first-order valence-corrected chi connectivity index (χ1v) is 7.09. The average Bonchev–Trinajstić information content (AvgIpc) is 2.40. The third-order valence-electron chi connectivity index (χ3n) is 3.80. The van der Waals surface area contributed by atoms with Crippen molar-refractivity contribution in [3.05, 3.63) is 0 Å². The first-order chi connectivity index (χ1) is 9.01. The number of hydrogen-bond donors (Lipinski definition) is 2. The highest BCUT2D eigenvalue weighted by Gasteiger charge is 2.34. The van der Waals surface area contributed by atoms with Gasteiger partial charge in [-0.3, -0.25) is 9.59 Å². The van der Waals surface area contributed by atoms with Gasteiger partial charge in [-0.15, -0.1) is 0 Å². The molecule has 0 atom stereocenters. The van der Waals surface area contributed by atoms with E-state index in [-0.39, 0.29) is 31.3 Å². The van der Waals surface area contributed by atoms with E-state index in [0.29, 0.717) is 12.5 Å². The molecule has 1 amide bonds. The van der Waals surface area contributed by atoms with Crippen LogP contribution in [0, 0.1) is 5.92 Å². The monoisotopic (exact) mass is 271 g/mol. The Hall–Kier alpha value is -1.10. The van der Waals surface area contributed by atoms with Crippen LogP contribution in [0.15, 0.2) is 0 Å². The molecular formula is C14H25NO4. The van der Waals surface area contributed by atoms with Crippen molar-refractivity contribution in [3.63, 3.8) is 0 Å². The average molecular weight is 271 g/mol. The molecule has 0 unspecified atom stereocenters. The van der Waals surface area contributed by atoms with E-state index in [0.717, 1.165) is 25.7 Å². The van der Waals surface area contributed by atoms with Crippen molar-refractivity contribution in [2.75, 3.05) is 13.2 Å². The lowest BCUT2D eigenvalue weighted by Gasteiger charge is -2.38. The van der Waals surface area contributed by atoms with E-state index in [1.807, 2.05) is 0 Å². The molecule has 0 radical (unpaired) electrons. The molecule has 0 saturated heterocycles. The van der Waals surface area contributed by atoms with E-state index in [4.69, 9.17) is 4.74 Å². The van der Waals surface area contributed by atoms with Gasteiger partial charge in [-0.05, 0) is 38.5 Å². The summed E-state index contributed by atoms with van der Waals surface area (Å²) in [5, 5.41) is 12.4. The molecule has 0 bridgehead atoms. The minimum atomic E-state index is -0.488. The fraction of sp³-hybridized carbons (Fsp3) is 0.857. The summed E-state index contributed by atoms with van der Waals surface area (Å²) < 4.78 is 4.78. The molecule has 0 aliphatic heterocycles. The first-order valence-electron chi connectivity index (χ1n) is 7.09. The second-order valence-corrected chi connectivity index (χ2v) is 5.47. The Balaban J connectivity index is 2.39. The summed E-state index contributed by atoms with van der Waals surface area (Å²) in [7, 11) is 0. The maximum Gasteiger partial charge on any atom is 0.306 e. The van der Waals surface area contributed by atoms with Crippen LogP contribution in [0.2, 0.25) is 0 Å². The van der Waals surface area contributed by atoms with Gasteiger partial charge in [-0.25, -0.2) is 0 Å². The van der Waals surface area contributed by atoms with Crippen molar-refractivity contribution < 1.29 is 19.4 Å². The Labute approximate surface area is 114 Å². The summed E-state index contributed by atoms with van der Waals surface area (Å²) in [6.45, 7) is 4.22. The molecule has 0 aromatic rings. The zero-order valence-electron chi connectivity index (χ0n) is 11.9. The van der Waals surface area contributed by atoms with Gasteiger partial charge in [0.1, 0.15) is 0 Å². The van der Waals surface area contributed by atoms with Crippen LogP contribution in [0.4, 0.5) is 0 Å². The highest BCUT2D eigenvalue weighted by molar-refractivity contribution is 5.81. The Morgan fingerprint density at radius 1 is 1.32 bits per heavy atom. The molecular weight excluding hydrogens is 246 g/mol. The molecule has 110 valence electrons. The van der Waals surface area contributed by atoms with Crippen LogP contribution in [0.1, 0.15) is 52.4 Å². The maximum absolute atomic E-state index is 11.8. The van der Waals surface area contributed by atoms with Crippen molar-refractivity contribution >= 4 is 11.9 Å². The summed E-state index contributed by atoms with van der Waals surface area (Å²) in [6.07, 6.45) is 3.84. The fourth-order valence-corrected chi connectivity index (χ4v) is 2.44. The van der Waals surface area contributed by atoms with E-state index in [1.54, 1.807) is 6.92 Å². The van der Waals surface area contributed by atoms with E-state index in [9.17, 15) is 14.7 Å². The number of hydrogen-bond acceptors (Lipinski definition) is 4. The van der Waals surface area contributed by atoms with Gasteiger partial charge in [0, 0.05) is 6.42 Å². The summed E-state index contributed by atoms with van der Waals surface area (Å²) in [5.41, 5.74) is -0.488. The largest absolute Gasteiger partial charge is 0.466 e. The molecule has 1 saturated carbocycles. The molecule has 0 spiro atoms. The number of amides is 1. The second kappa shape index (κ2) is 7.48. The summed E-state index contributed by atoms with van der Waals surface area (Å²) in [6, 6.07) is 0. The van der Waals surface area contributed by atoms with Crippen molar-refractivity contribution in [3.8, 4) is 0 Å². The minimum absolute atomic E-state index is 0.0368. The van der Waals surface area contributed by atoms with Crippen molar-refractivity contribution in [1.82, 2.24) is 5.32 Å². The number of aliphatic hydroxyl groups excluding tert-OH is 1. The molecule has 0 aromatic heterocycles. The van der Waals surface area contributed by atoms with Gasteiger partial charge in [0.25, 0.3) is 0 Å². The van der Waals surface area contributed by atoms with Crippen LogP contribution in [0.5, 0.6) is 0 Å². The molecule has 5 nitrogen and oxygen atoms in total. The van der Waals surface area contributed by atoms with Gasteiger partial charge in [-0.1, -0.05) is 6.92 Å². The number of ether oxygens (including phenoxy) is 1. The lowest BCUT2D eigenvalue weighted by molar-refractivity contribution is -0.144. The molecule has 0 heterocycles. The maximum atomic E-state index is 11.8. The molecule has 2 N–H and O–H groups in total. The highest BCUT2D eigenvalue weighted by Crippen LogP contribution is 2.31. The lowest BCUT2D eigenvalue weighted by Crippen LogP contribution is -2.53. The predicted molar refractivity (Wildman–Crippen MR) is 71.5 cm³/mol. The Morgan fingerprint density at radius 3 is 2.47 bits per heavy atom. The van der Waals surface area contributed by atoms with Gasteiger partial charge in [0.05, 0.1) is 25.2 Å². The fourth-order valence-electron chi connectivity index (χ4n) is 2.44. The Morgan fingerprint density at radius 2 is 1.95 bits per heavy atom. The highest BCUT2D eigenvalue weighted by atomic mass is 16.5. The minimum Gasteiger partial charge on any atom is -0.466 e. The summed E-state index contributed by atoms with van der Waals surface area (Å²) >= 11 is 0. The van der Waals surface area contributed by atoms with Crippen LogP contribution in [0.3, 0.4) is 0 Å². The van der Waals surface area contributed by atoms with Gasteiger partial charge >= 0.3 is 5.97 Å². The van der Waals surface area contributed by atoms with Crippen LogP contribution >= 0.6 is 0 Å². The van der Waals surface area contributed by atoms with Crippen LogP contribution in [0.25, 0.3) is 0 Å². The van der Waals surface area contributed by atoms with Crippen molar-refractivity contribution in [2.45, 2.75) is 57.9 Å². The smallest absolute Gasteiger partial charge is 0.306 e. The molecule has 0 aromatic carbocycles. The van der Waals surface area contributed by atoms with Crippen LogP contribution in [-0.2, 0) is 14.3 Å². The molecule has 1 aliphatic rings. The molecule has 19 heavy (non-hydrogen) atoms. The third kappa shape index (κ3) is 5.19. The number of carbonyl (C=O) groups is 2. The number of aliphatic hydroxyl groups is 1. The topological polar surface area (TPSA) is 75.6 Å². The number of carbonyl (C=O) groups excluding carboxylic acids is 2. The van der Waals surface area contributed by atoms with E-state index in [1.165, 1.54) is 0 Å². The zero-order chi connectivity index (χ0) is 14.3. The van der Waals surface area contributed by atoms with Crippen molar-refractivity contribution in [2.24, 2.45) is 5.92 Å². The van der Waals surface area contributed by atoms with Crippen LogP contribution < -0.4 is 5.32 Å². The Kier molecular flexibility index (Phi) is 6.28. The summed E-state index contributed by atoms with van der Waals surface area (Å²) in [4.78, 5) is 23.0. The predicted octanol–water partition coefficient (Wildman–Crippen LogP) is 1.39. The van der Waals surface area contributed by atoms with Gasteiger partial charge in [0.2, 0.25) is 5.91 Å². The zero-order valence-corrected chi connectivity index (χ0v) is 11.9. The standard InChI is InChI=1S/C14H25NO4/c1-3-19-13(18)5-4-12(17)15-14(10-16)8-6-11(2)7-9-14/h11,16H,3-10H2,1-2H3,(H,15,17). The summed E-state index contributed by atoms with van der Waals surface area (Å²) in [5.74, 6) is 0.112. The second-order valence-electron chi connectivity index (χ2n) is 5.47. The number of esters is 1. The Bertz CT molecular complexity index is 309. The van der Waals surface area contributed by atoms with Gasteiger partial charge < -0.3 is 15.2 Å². The SMILES string of the molecule is CCOC(=O)CCC(=O)NC1(CO)CCC(C)CC1. The molecule has 1 aliphatic carbocycles. The van der Waals surface area contributed by atoms with E-state index < -0.39 is 5.54 Å². The first kappa shape index (κ1) is 16.0. The number of nitrogens with one attached hydrogen (secondary N) is 1. The van der Waals surface area contributed by atoms with E-state index >= 15 is 0 Å². The van der Waals surface area contributed by atoms with Crippen LogP contribution in [-0.4, -0.2) is 35.7 Å². The van der Waals surface area contributed by atoms with Gasteiger partial charge in [0.15, 0.2) is 0 Å². The normalized spacial score (nSPS) is 26.8. The third-order valence-corrected chi connectivity index (χ3v) is 3.80. The lowest BCUT2D eigenvalue weighted by atomic mass is 9.77. The van der Waals surface area contributed by atoms with Crippen molar-refractivity contribution in [1.29, 1.82) is 0 Å². The molecule has 1 rings (SSSR count). The molecule has 1 fully saturated rings. The van der Waals surface area contributed by atoms with Gasteiger partial charge in [-0.2, -0.15) is 0 Å². The quantitative estimate of drug-likeness (QED) is 0.716. The number of rotatable bonds is 6. The van der Waals surface area contributed by atoms with E-state index in [2.05, 4.69) is 12.2 Å².